The van der Waals surface area contributed by atoms with Crippen molar-refractivity contribution in [2.24, 2.45) is 0 Å². The quantitative estimate of drug-likeness (QED) is 0.663. The molecule has 0 aromatic heterocycles. The number of carbonyl (C=O) groups is 1. The molecule has 0 aliphatic carbocycles. The molecule has 6 heteroatoms. The van der Waals surface area contributed by atoms with E-state index in [0.717, 1.165) is 12.1 Å². The molecule has 0 heterocycles. The standard InChI is InChI=1S/C8H4F4O2/c9-8(10,11)6-4-2-1-3-5(6)7(13)14-12/h1-4H. The van der Waals surface area contributed by atoms with Crippen LogP contribution in [0.25, 0.3) is 0 Å². The number of carbonyl (C=O) groups excluding carboxylic acids is 1. The lowest BCUT2D eigenvalue weighted by Crippen LogP contribution is -2.12. The Morgan fingerprint density at radius 2 is 1.79 bits per heavy atom. The lowest BCUT2D eigenvalue weighted by molar-refractivity contribution is -0.139. The number of halogens is 4. The molecule has 0 atom stereocenters. The van der Waals surface area contributed by atoms with Crippen LogP contribution in [-0.4, -0.2) is 5.97 Å². The smallest absolute Gasteiger partial charge is 0.249 e. The van der Waals surface area contributed by atoms with Gasteiger partial charge in [-0.05, 0) is 12.1 Å². The Hall–Kier alpha value is -1.59. The van der Waals surface area contributed by atoms with Crippen LogP contribution in [0.2, 0.25) is 0 Å². The first kappa shape index (κ1) is 10.5. The second-order valence-electron chi connectivity index (χ2n) is 2.41. The lowest BCUT2D eigenvalue weighted by Gasteiger charge is -2.09. The number of hydrogen-bond donors (Lipinski definition) is 0. The Labute approximate surface area is 76.0 Å². The molecule has 76 valence electrons. The fourth-order valence-corrected chi connectivity index (χ4v) is 0.950. The van der Waals surface area contributed by atoms with Crippen LogP contribution in [0.4, 0.5) is 17.7 Å². The second kappa shape index (κ2) is 3.65. The third-order valence-electron chi connectivity index (χ3n) is 1.52. The third kappa shape index (κ3) is 2.01. The van der Waals surface area contributed by atoms with E-state index >= 15 is 0 Å². The van der Waals surface area contributed by atoms with Gasteiger partial charge >= 0.3 is 12.1 Å². The van der Waals surface area contributed by atoms with Gasteiger partial charge in [0.15, 0.2) is 0 Å². The summed E-state index contributed by atoms with van der Waals surface area (Å²) in [5.41, 5.74) is -2.06. The van der Waals surface area contributed by atoms with Gasteiger partial charge in [0.2, 0.25) is 0 Å². The van der Waals surface area contributed by atoms with Crippen LogP contribution < -0.4 is 0 Å². The Morgan fingerprint density at radius 1 is 1.21 bits per heavy atom. The van der Waals surface area contributed by atoms with E-state index in [1.807, 2.05) is 0 Å². The Kier molecular flexibility index (Phi) is 2.73. The summed E-state index contributed by atoms with van der Waals surface area (Å²) in [7, 11) is 0. The van der Waals surface area contributed by atoms with Crippen LogP contribution in [0.1, 0.15) is 15.9 Å². The van der Waals surface area contributed by atoms with Gasteiger partial charge in [0.25, 0.3) is 0 Å². The van der Waals surface area contributed by atoms with Crippen LogP contribution in [-0.2, 0) is 11.1 Å². The van der Waals surface area contributed by atoms with Crippen molar-refractivity contribution in [3.8, 4) is 0 Å². The summed E-state index contributed by atoms with van der Waals surface area (Å²) in [6.45, 7) is 0. The Bertz CT molecular complexity index is 345. The van der Waals surface area contributed by atoms with Crippen LogP contribution in [0.5, 0.6) is 0 Å². The van der Waals surface area contributed by atoms with E-state index in [1.165, 1.54) is 6.07 Å². The maximum atomic E-state index is 12.2. The van der Waals surface area contributed by atoms with E-state index in [2.05, 4.69) is 4.94 Å². The molecular weight excluding hydrogens is 204 g/mol. The molecule has 0 aliphatic heterocycles. The van der Waals surface area contributed by atoms with Crippen LogP contribution >= 0.6 is 0 Å². The highest BCUT2D eigenvalue weighted by molar-refractivity contribution is 5.90. The van der Waals surface area contributed by atoms with E-state index in [0.29, 0.717) is 6.07 Å². The normalized spacial score (nSPS) is 11.1. The van der Waals surface area contributed by atoms with Gasteiger partial charge in [-0.1, -0.05) is 12.1 Å². The van der Waals surface area contributed by atoms with Crippen molar-refractivity contribution in [3.05, 3.63) is 35.4 Å². The highest BCUT2D eigenvalue weighted by Crippen LogP contribution is 2.32. The summed E-state index contributed by atoms with van der Waals surface area (Å²) >= 11 is 0. The predicted molar refractivity (Wildman–Crippen MR) is 38.0 cm³/mol. The topological polar surface area (TPSA) is 26.3 Å². The Balaban J connectivity index is 3.23. The fourth-order valence-electron chi connectivity index (χ4n) is 0.950. The fraction of sp³-hybridized carbons (Fsp3) is 0.125. The lowest BCUT2D eigenvalue weighted by atomic mass is 10.1. The molecule has 0 bridgehead atoms. The number of hydrogen-bond acceptors (Lipinski definition) is 2. The number of alkyl halides is 3. The summed E-state index contributed by atoms with van der Waals surface area (Å²) < 4.78 is 48.1. The summed E-state index contributed by atoms with van der Waals surface area (Å²) in [6.07, 6.45) is -4.70. The molecule has 0 spiro atoms. The third-order valence-corrected chi connectivity index (χ3v) is 1.52. The maximum absolute atomic E-state index is 12.2. The van der Waals surface area contributed by atoms with Crippen molar-refractivity contribution in [3.63, 3.8) is 0 Å². The molecule has 0 fully saturated rings. The highest BCUT2D eigenvalue weighted by atomic mass is 19.4. The van der Waals surface area contributed by atoms with Crippen molar-refractivity contribution >= 4 is 5.97 Å². The van der Waals surface area contributed by atoms with Gasteiger partial charge in [-0.25, -0.2) is 9.74 Å². The van der Waals surface area contributed by atoms with E-state index in [4.69, 9.17) is 0 Å². The molecule has 0 saturated carbocycles. The van der Waals surface area contributed by atoms with Gasteiger partial charge in [-0.2, -0.15) is 13.2 Å². The molecule has 0 radical (unpaired) electrons. The van der Waals surface area contributed by atoms with Gasteiger partial charge in [0, 0.05) is 4.53 Å². The monoisotopic (exact) mass is 208 g/mol. The molecule has 0 aliphatic rings. The molecule has 2 nitrogen and oxygen atoms in total. The molecule has 1 aromatic rings. The molecule has 1 aromatic carbocycles. The van der Waals surface area contributed by atoms with E-state index in [1.54, 1.807) is 0 Å². The van der Waals surface area contributed by atoms with E-state index in [9.17, 15) is 22.5 Å². The number of benzene rings is 1. The van der Waals surface area contributed by atoms with Gasteiger partial charge < -0.3 is 0 Å². The molecule has 0 unspecified atom stereocenters. The van der Waals surface area contributed by atoms with Crippen molar-refractivity contribution in [2.45, 2.75) is 6.18 Å². The average Bonchev–Trinajstić information content (AvgIpc) is 2.15. The maximum Gasteiger partial charge on any atom is 0.417 e. The van der Waals surface area contributed by atoms with Gasteiger partial charge in [-0.3, -0.25) is 0 Å². The molecule has 0 saturated heterocycles. The molecule has 0 N–H and O–H groups in total. The summed E-state index contributed by atoms with van der Waals surface area (Å²) in [5.74, 6) is -1.65. The predicted octanol–water partition coefficient (Wildman–Crippen LogP) is 2.75. The first-order valence-electron chi connectivity index (χ1n) is 3.46. The SMILES string of the molecule is O=C(OF)c1ccccc1C(F)(F)F. The zero-order chi connectivity index (χ0) is 10.8. The van der Waals surface area contributed by atoms with Gasteiger partial charge in [-0.15, -0.1) is 0 Å². The van der Waals surface area contributed by atoms with Gasteiger partial charge in [0.1, 0.15) is 0 Å². The van der Waals surface area contributed by atoms with Crippen molar-refractivity contribution in [1.82, 2.24) is 0 Å². The molecule has 0 amide bonds. The van der Waals surface area contributed by atoms with Crippen molar-refractivity contribution < 1.29 is 27.4 Å². The largest absolute Gasteiger partial charge is 0.417 e. The first-order chi connectivity index (χ1) is 6.46. The highest BCUT2D eigenvalue weighted by Gasteiger charge is 2.35. The van der Waals surface area contributed by atoms with Crippen molar-refractivity contribution in [2.75, 3.05) is 0 Å². The summed E-state index contributed by atoms with van der Waals surface area (Å²) in [4.78, 5) is 13.3. The Morgan fingerprint density at radius 3 is 2.29 bits per heavy atom. The minimum atomic E-state index is -4.70. The van der Waals surface area contributed by atoms with Gasteiger partial charge in [0.05, 0.1) is 11.1 Å². The zero-order valence-corrected chi connectivity index (χ0v) is 6.64. The minimum Gasteiger partial charge on any atom is -0.249 e. The van der Waals surface area contributed by atoms with Crippen LogP contribution in [0, 0.1) is 0 Å². The zero-order valence-electron chi connectivity index (χ0n) is 6.64. The molecule has 14 heavy (non-hydrogen) atoms. The number of rotatable bonds is 1. The second-order valence-corrected chi connectivity index (χ2v) is 2.41. The minimum absolute atomic E-state index is 0.673. The van der Waals surface area contributed by atoms with Crippen LogP contribution in [0.15, 0.2) is 24.3 Å². The van der Waals surface area contributed by atoms with E-state index < -0.39 is 23.3 Å². The molecule has 1 rings (SSSR count). The summed E-state index contributed by atoms with van der Waals surface area (Å²) in [6, 6.07) is 3.79. The summed E-state index contributed by atoms with van der Waals surface area (Å²) in [5, 5.41) is 0. The van der Waals surface area contributed by atoms with E-state index in [-0.39, 0.29) is 0 Å². The van der Waals surface area contributed by atoms with Crippen LogP contribution in [0.3, 0.4) is 0 Å². The van der Waals surface area contributed by atoms with Crippen molar-refractivity contribution in [1.29, 1.82) is 0 Å². The average molecular weight is 208 g/mol. The molecular formula is C8H4F4O2. The first-order valence-corrected chi connectivity index (χ1v) is 3.46.